The molecule has 106 valence electrons. The summed E-state index contributed by atoms with van der Waals surface area (Å²) in [7, 11) is 1.29. The minimum Gasteiger partial charge on any atom is -0.493 e. The maximum atomic E-state index is 13.7. The number of rotatable bonds is 3. The van der Waals surface area contributed by atoms with Crippen molar-refractivity contribution in [3.63, 3.8) is 0 Å². The van der Waals surface area contributed by atoms with Gasteiger partial charge in [0.25, 0.3) is 0 Å². The first-order valence-electron chi connectivity index (χ1n) is 5.90. The highest BCUT2D eigenvalue weighted by molar-refractivity contribution is 5.40. The molecule has 0 saturated heterocycles. The molecule has 5 heteroatoms. The van der Waals surface area contributed by atoms with Crippen molar-refractivity contribution in [2.24, 2.45) is 0 Å². The van der Waals surface area contributed by atoms with Crippen molar-refractivity contribution < 1.29 is 22.3 Å². The molecule has 0 aliphatic carbocycles. The predicted molar refractivity (Wildman–Crippen MR) is 66.8 cm³/mol. The molecule has 0 atom stereocenters. The molecule has 0 spiro atoms. The van der Waals surface area contributed by atoms with Crippen LogP contribution in [0.25, 0.3) is 0 Å². The van der Waals surface area contributed by atoms with E-state index in [2.05, 4.69) is 0 Å². The number of para-hydroxylation sites is 1. The normalized spacial score (nSPS) is 10.7. The van der Waals surface area contributed by atoms with Gasteiger partial charge < -0.3 is 4.74 Å². The molecule has 0 aliphatic heterocycles. The lowest BCUT2D eigenvalue weighted by atomic mass is 10.0. The maximum Gasteiger partial charge on any atom is 0.194 e. The summed E-state index contributed by atoms with van der Waals surface area (Å²) >= 11 is 0. The predicted octanol–water partition coefficient (Wildman–Crippen LogP) is 4.15. The fourth-order valence-corrected chi connectivity index (χ4v) is 2.05. The van der Waals surface area contributed by atoms with E-state index < -0.39 is 23.3 Å². The van der Waals surface area contributed by atoms with Crippen LogP contribution in [0.3, 0.4) is 0 Å². The van der Waals surface area contributed by atoms with Crippen LogP contribution in [0.15, 0.2) is 24.3 Å². The monoisotopic (exact) mass is 284 g/mol. The summed E-state index contributed by atoms with van der Waals surface area (Å²) in [5, 5.41) is 0. The van der Waals surface area contributed by atoms with Gasteiger partial charge >= 0.3 is 0 Å². The smallest absolute Gasteiger partial charge is 0.194 e. The highest BCUT2D eigenvalue weighted by Crippen LogP contribution is 2.27. The van der Waals surface area contributed by atoms with Crippen LogP contribution in [0.2, 0.25) is 0 Å². The highest BCUT2D eigenvalue weighted by Gasteiger charge is 2.18. The van der Waals surface area contributed by atoms with Crippen LogP contribution in [0, 0.1) is 30.2 Å². The van der Waals surface area contributed by atoms with Crippen molar-refractivity contribution in [2.45, 2.75) is 13.3 Å². The van der Waals surface area contributed by atoms with Gasteiger partial charge in [-0.2, -0.15) is 0 Å². The average molecular weight is 284 g/mol. The summed E-state index contributed by atoms with van der Waals surface area (Å²) in [6.45, 7) is 1.34. The molecule has 0 aliphatic rings. The van der Waals surface area contributed by atoms with Gasteiger partial charge in [0.1, 0.15) is 0 Å². The first-order valence-corrected chi connectivity index (χ1v) is 5.90. The summed E-state index contributed by atoms with van der Waals surface area (Å²) in [4.78, 5) is 0. The Labute approximate surface area is 113 Å². The molecule has 0 saturated carbocycles. The Hall–Kier alpha value is -2.04. The lowest BCUT2D eigenvalue weighted by molar-refractivity contribution is 0.381. The molecule has 0 heterocycles. The van der Waals surface area contributed by atoms with Gasteiger partial charge in [-0.25, -0.2) is 17.6 Å². The first-order chi connectivity index (χ1) is 9.45. The van der Waals surface area contributed by atoms with Crippen LogP contribution in [-0.2, 0) is 6.42 Å². The van der Waals surface area contributed by atoms with Crippen molar-refractivity contribution in [3.8, 4) is 5.75 Å². The number of ether oxygens (including phenoxy) is 1. The molecule has 0 N–H and O–H groups in total. The van der Waals surface area contributed by atoms with E-state index in [9.17, 15) is 17.6 Å². The van der Waals surface area contributed by atoms with Crippen molar-refractivity contribution in [2.75, 3.05) is 7.11 Å². The van der Waals surface area contributed by atoms with Gasteiger partial charge in [0.15, 0.2) is 29.0 Å². The number of hydrogen-bond donors (Lipinski definition) is 0. The molecule has 1 nitrogen and oxygen atoms in total. The summed E-state index contributed by atoms with van der Waals surface area (Å²) in [5.41, 5.74) is 0.302. The molecule has 0 aromatic heterocycles. The lowest BCUT2D eigenvalue weighted by Crippen LogP contribution is -2.03. The number of aryl methyl sites for hydroxylation is 1. The second-order valence-electron chi connectivity index (χ2n) is 4.40. The van der Waals surface area contributed by atoms with Gasteiger partial charge in [0, 0.05) is 12.0 Å². The van der Waals surface area contributed by atoms with E-state index in [0.29, 0.717) is 5.56 Å². The van der Waals surface area contributed by atoms with E-state index in [0.717, 1.165) is 0 Å². The minimum absolute atomic E-state index is 0.00531. The molecule has 0 bridgehead atoms. The van der Waals surface area contributed by atoms with Crippen molar-refractivity contribution in [3.05, 3.63) is 64.2 Å². The van der Waals surface area contributed by atoms with Crippen molar-refractivity contribution in [1.29, 1.82) is 0 Å². The van der Waals surface area contributed by atoms with E-state index in [4.69, 9.17) is 4.74 Å². The largest absolute Gasteiger partial charge is 0.493 e. The Morgan fingerprint density at radius 2 is 1.65 bits per heavy atom. The van der Waals surface area contributed by atoms with Gasteiger partial charge in [-0.15, -0.1) is 0 Å². The second kappa shape index (κ2) is 5.53. The van der Waals surface area contributed by atoms with Crippen LogP contribution >= 0.6 is 0 Å². The van der Waals surface area contributed by atoms with E-state index in [1.54, 1.807) is 0 Å². The van der Waals surface area contributed by atoms with Gasteiger partial charge in [0.05, 0.1) is 7.11 Å². The Morgan fingerprint density at radius 1 is 0.950 bits per heavy atom. The zero-order chi connectivity index (χ0) is 14.9. The minimum atomic E-state index is -1.52. The van der Waals surface area contributed by atoms with E-state index in [-0.39, 0.29) is 23.3 Å². The van der Waals surface area contributed by atoms with Crippen LogP contribution in [0.4, 0.5) is 17.6 Å². The van der Waals surface area contributed by atoms with Crippen molar-refractivity contribution in [1.82, 2.24) is 0 Å². The second-order valence-corrected chi connectivity index (χ2v) is 4.40. The van der Waals surface area contributed by atoms with E-state index >= 15 is 0 Å². The van der Waals surface area contributed by atoms with Crippen molar-refractivity contribution >= 4 is 0 Å². The van der Waals surface area contributed by atoms with Gasteiger partial charge in [-0.1, -0.05) is 12.1 Å². The number of hydrogen-bond acceptors (Lipinski definition) is 1. The summed E-state index contributed by atoms with van der Waals surface area (Å²) in [5.74, 6) is -4.62. The van der Waals surface area contributed by atoms with Crippen LogP contribution in [-0.4, -0.2) is 7.11 Å². The molecule has 0 unspecified atom stereocenters. The average Bonchev–Trinajstić information content (AvgIpc) is 2.42. The van der Waals surface area contributed by atoms with Gasteiger partial charge in [0.2, 0.25) is 0 Å². The molecule has 2 aromatic carbocycles. The molecule has 2 rings (SSSR count). The fourth-order valence-electron chi connectivity index (χ4n) is 2.05. The first kappa shape index (κ1) is 14.4. The topological polar surface area (TPSA) is 9.23 Å². The van der Waals surface area contributed by atoms with Crippen LogP contribution < -0.4 is 4.74 Å². The summed E-state index contributed by atoms with van der Waals surface area (Å²) < 4.78 is 58.7. The van der Waals surface area contributed by atoms with Crippen LogP contribution in [0.1, 0.15) is 16.7 Å². The third kappa shape index (κ3) is 2.48. The van der Waals surface area contributed by atoms with Crippen LogP contribution in [0.5, 0.6) is 5.75 Å². The fraction of sp³-hybridized carbons (Fsp3) is 0.200. The third-order valence-electron chi connectivity index (χ3n) is 3.04. The zero-order valence-corrected chi connectivity index (χ0v) is 10.9. The summed E-state index contributed by atoms with van der Waals surface area (Å²) in [6.07, 6.45) is -0.0925. The van der Waals surface area contributed by atoms with Gasteiger partial charge in [-0.3, -0.25) is 0 Å². The highest BCUT2D eigenvalue weighted by atomic mass is 19.2. The maximum absolute atomic E-state index is 13.7. The standard InChI is InChI=1S/C15H12F4O/c1-8-6-10(13(18)14(19)12(8)17)7-9-4-3-5-11(16)15(9)20-2/h3-6H,7H2,1-2H3. The zero-order valence-electron chi connectivity index (χ0n) is 10.9. The molecule has 20 heavy (non-hydrogen) atoms. The number of benzene rings is 2. The Bertz CT molecular complexity index is 653. The van der Waals surface area contributed by atoms with E-state index in [1.807, 2.05) is 0 Å². The molecule has 2 aromatic rings. The number of methoxy groups -OCH3 is 1. The van der Waals surface area contributed by atoms with Gasteiger partial charge in [-0.05, 0) is 30.2 Å². The Balaban J connectivity index is 2.48. The Kier molecular flexibility index (Phi) is 3.97. The molecule has 0 fully saturated rings. The molecular weight excluding hydrogens is 272 g/mol. The quantitative estimate of drug-likeness (QED) is 0.607. The molecule has 0 amide bonds. The summed E-state index contributed by atoms with van der Waals surface area (Å²) in [6, 6.07) is 5.39. The Morgan fingerprint density at radius 3 is 2.30 bits per heavy atom. The molecular formula is C15H12F4O. The third-order valence-corrected chi connectivity index (χ3v) is 3.04. The van der Waals surface area contributed by atoms with E-state index in [1.165, 1.54) is 38.3 Å². The SMILES string of the molecule is COc1c(F)cccc1Cc1cc(C)c(F)c(F)c1F. The lowest BCUT2D eigenvalue weighted by Gasteiger charge is -2.11. The number of halogens is 4. The molecule has 0 radical (unpaired) electrons.